The Morgan fingerprint density at radius 2 is 2.20 bits per heavy atom. The first-order valence-electron chi connectivity index (χ1n) is 3.26. The molecule has 0 aromatic carbocycles. The molecule has 0 heterocycles. The third-order valence-electron chi connectivity index (χ3n) is 1.04. The Morgan fingerprint density at radius 3 is 2.60 bits per heavy atom. The van der Waals surface area contributed by atoms with E-state index in [-0.39, 0.29) is 68.9 Å². The van der Waals surface area contributed by atoms with E-state index < -0.39 is 6.10 Å². The molecule has 0 N–H and O–H groups in total. The second kappa shape index (κ2) is 10.5. The van der Waals surface area contributed by atoms with Crippen LogP contribution in [0, 0.1) is 0 Å². The van der Waals surface area contributed by atoms with E-state index in [4.69, 9.17) is 0 Å². The van der Waals surface area contributed by atoms with Crippen LogP contribution in [0.25, 0.3) is 0 Å². The van der Waals surface area contributed by atoms with Crippen LogP contribution in [0.5, 0.6) is 0 Å². The van der Waals surface area contributed by atoms with Crippen LogP contribution in [-0.2, 0) is 0 Å². The van der Waals surface area contributed by atoms with Crippen molar-refractivity contribution < 1.29 is 74.0 Å². The van der Waals surface area contributed by atoms with E-state index in [9.17, 15) is 5.11 Å². The fraction of sp³-hybridized carbons (Fsp3) is 0.500. The molecule has 1 unspecified atom stereocenters. The molecule has 0 bridgehead atoms. The minimum absolute atomic E-state index is 0. The Balaban J connectivity index is 0. The van der Waals surface area contributed by atoms with E-state index in [1.165, 1.54) is 0 Å². The molecule has 0 saturated heterocycles. The molecule has 10 heavy (non-hydrogen) atoms. The Labute approximate surface area is 122 Å². The summed E-state index contributed by atoms with van der Waals surface area (Å²) in [4.78, 5) is 0. The molecule has 1 nitrogen and oxygen atoms in total. The molecular weight excluding hydrogens is 245 g/mol. The average Bonchev–Trinajstić information content (AvgIpc) is 1.85. The van der Waals surface area contributed by atoms with Crippen LogP contribution >= 0.6 is 0 Å². The summed E-state index contributed by atoms with van der Waals surface area (Å²) in [5.74, 6) is 0. The van der Waals surface area contributed by atoms with E-state index in [1.807, 2.05) is 6.92 Å². The van der Waals surface area contributed by atoms with Gasteiger partial charge < -0.3 is 5.11 Å². The minimum atomic E-state index is -0.534. The van der Waals surface area contributed by atoms with E-state index in [1.54, 1.807) is 18.2 Å². The molecule has 2 heteroatoms. The van der Waals surface area contributed by atoms with Gasteiger partial charge in [0.25, 0.3) is 0 Å². The molecule has 0 rings (SSSR count). The molecular formula is C8H13CsO. The van der Waals surface area contributed by atoms with E-state index in [2.05, 4.69) is 6.58 Å². The molecule has 0 aliphatic heterocycles. The zero-order valence-corrected chi connectivity index (χ0v) is 13.1. The zero-order valence-electron chi connectivity index (χ0n) is 6.84. The van der Waals surface area contributed by atoms with Crippen molar-refractivity contribution >= 4 is 0 Å². The standard InChI is InChI=1S/C8H13O.Cs/c1-3-5-7-8(9)6-4-2;/h3,5,7-8H,1,4,6H2,2H3;/q-1;+1/b7-5-;. The normalized spacial score (nSPS) is 12.6. The molecule has 0 aliphatic carbocycles. The smallest absolute Gasteiger partial charge is 0.849 e. The van der Waals surface area contributed by atoms with E-state index in [0.717, 1.165) is 12.8 Å². The maximum absolute atomic E-state index is 10.8. The maximum Gasteiger partial charge on any atom is 1.00 e. The topological polar surface area (TPSA) is 23.1 Å². The van der Waals surface area contributed by atoms with Crippen molar-refractivity contribution in [3.63, 3.8) is 0 Å². The first-order valence-corrected chi connectivity index (χ1v) is 3.26. The van der Waals surface area contributed by atoms with Crippen molar-refractivity contribution in [3.8, 4) is 0 Å². The number of hydrogen-bond donors (Lipinski definition) is 0. The van der Waals surface area contributed by atoms with Gasteiger partial charge in [-0.15, -0.1) is 6.10 Å². The Bertz CT molecular complexity index is 99.4. The van der Waals surface area contributed by atoms with Gasteiger partial charge in [0.05, 0.1) is 0 Å². The van der Waals surface area contributed by atoms with Crippen molar-refractivity contribution in [3.05, 3.63) is 24.8 Å². The summed E-state index contributed by atoms with van der Waals surface area (Å²) in [7, 11) is 0. The largest absolute Gasteiger partial charge is 1.00 e. The van der Waals surface area contributed by atoms with Crippen molar-refractivity contribution in [1.82, 2.24) is 0 Å². The summed E-state index contributed by atoms with van der Waals surface area (Å²) in [6.45, 7) is 5.47. The maximum atomic E-state index is 10.8. The van der Waals surface area contributed by atoms with Gasteiger partial charge in [-0.2, -0.15) is 0 Å². The predicted octanol–water partition coefficient (Wildman–Crippen LogP) is -1.74. The van der Waals surface area contributed by atoms with Crippen molar-refractivity contribution in [1.29, 1.82) is 0 Å². The second-order valence-electron chi connectivity index (χ2n) is 1.95. The first kappa shape index (κ1) is 14.0. The predicted molar refractivity (Wildman–Crippen MR) is 38.0 cm³/mol. The number of allylic oxidation sites excluding steroid dienone is 2. The van der Waals surface area contributed by atoms with Crippen LogP contribution in [0.3, 0.4) is 0 Å². The summed E-state index contributed by atoms with van der Waals surface area (Å²) >= 11 is 0. The van der Waals surface area contributed by atoms with Gasteiger partial charge >= 0.3 is 68.9 Å². The molecule has 0 saturated carbocycles. The summed E-state index contributed by atoms with van der Waals surface area (Å²) in [5, 5.41) is 10.8. The quantitative estimate of drug-likeness (QED) is 0.549. The van der Waals surface area contributed by atoms with Crippen LogP contribution in [0.1, 0.15) is 19.8 Å². The van der Waals surface area contributed by atoms with Crippen molar-refractivity contribution in [2.75, 3.05) is 0 Å². The Morgan fingerprint density at radius 1 is 1.60 bits per heavy atom. The molecule has 0 aromatic rings. The molecule has 52 valence electrons. The first-order chi connectivity index (χ1) is 4.31. The van der Waals surface area contributed by atoms with Crippen LogP contribution in [0.15, 0.2) is 24.8 Å². The fourth-order valence-corrected chi connectivity index (χ4v) is 0.583. The van der Waals surface area contributed by atoms with Gasteiger partial charge in [0, 0.05) is 0 Å². The van der Waals surface area contributed by atoms with Gasteiger partial charge in [0.1, 0.15) is 0 Å². The van der Waals surface area contributed by atoms with Gasteiger partial charge in [-0.1, -0.05) is 44.6 Å². The van der Waals surface area contributed by atoms with Crippen molar-refractivity contribution in [2.45, 2.75) is 25.9 Å². The molecule has 1 atom stereocenters. The summed E-state index contributed by atoms with van der Waals surface area (Å²) in [5.41, 5.74) is 0. The van der Waals surface area contributed by atoms with Gasteiger partial charge in [0.2, 0.25) is 0 Å². The van der Waals surface area contributed by atoms with Gasteiger partial charge in [0.15, 0.2) is 0 Å². The summed E-state index contributed by atoms with van der Waals surface area (Å²) in [6, 6.07) is 0. The summed E-state index contributed by atoms with van der Waals surface area (Å²) < 4.78 is 0. The third kappa shape index (κ3) is 9.49. The fourth-order valence-electron chi connectivity index (χ4n) is 0.583. The molecule has 0 fully saturated rings. The molecule has 0 spiro atoms. The number of hydrogen-bond acceptors (Lipinski definition) is 1. The van der Waals surface area contributed by atoms with Gasteiger partial charge in [-0.05, 0) is 0 Å². The van der Waals surface area contributed by atoms with Crippen LogP contribution in [0.2, 0.25) is 0 Å². The monoisotopic (exact) mass is 258 g/mol. The Hall–Kier alpha value is 1.49. The van der Waals surface area contributed by atoms with Crippen LogP contribution in [-0.4, -0.2) is 6.10 Å². The SMILES string of the molecule is C=C/C=C\C([O-])CCC.[Cs+]. The van der Waals surface area contributed by atoms with Gasteiger partial charge in [-0.25, -0.2) is 0 Å². The van der Waals surface area contributed by atoms with E-state index in [0.29, 0.717) is 0 Å². The second-order valence-corrected chi connectivity index (χ2v) is 1.95. The molecule has 0 radical (unpaired) electrons. The van der Waals surface area contributed by atoms with Crippen LogP contribution < -0.4 is 74.0 Å². The van der Waals surface area contributed by atoms with Crippen molar-refractivity contribution in [2.24, 2.45) is 0 Å². The minimum Gasteiger partial charge on any atom is -0.849 e. The zero-order chi connectivity index (χ0) is 7.11. The third-order valence-corrected chi connectivity index (χ3v) is 1.04. The summed E-state index contributed by atoms with van der Waals surface area (Å²) in [6.07, 6.45) is 6.11. The number of rotatable bonds is 4. The Kier molecular flexibility index (Phi) is 14.7. The van der Waals surface area contributed by atoms with Crippen LogP contribution in [0.4, 0.5) is 0 Å². The molecule has 0 amide bonds. The van der Waals surface area contributed by atoms with Gasteiger partial charge in [-0.3, -0.25) is 0 Å². The molecule has 0 aliphatic rings. The molecule has 0 aromatic heterocycles. The van der Waals surface area contributed by atoms with E-state index >= 15 is 0 Å². The average molecular weight is 258 g/mol.